The molecule has 0 N–H and O–H groups in total. The molecule has 0 saturated carbocycles. The van der Waals surface area contributed by atoms with E-state index in [0.29, 0.717) is 11.3 Å². The summed E-state index contributed by atoms with van der Waals surface area (Å²) in [6.07, 6.45) is 1.80. The molecule has 0 spiro atoms. The number of pyridine rings is 1. The van der Waals surface area contributed by atoms with Gasteiger partial charge in [0.2, 0.25) is 0 Å². The molecule has 0 bridgehead atoms. The topological polar surface area (TPSA) is 39.2 Å². The molecule has 19 heavy (non-hydrogen) atoms. The Labute approximate surface area is 118 Å². The molecule has 3 nitrogen and oxygen atoms in total. The maximum atomic E-state index is 13.3. The molecule has 0 aliphatic rings. The summed E-state index contributed by atoms with van der Waals surface area (Å²) in [7, 11) is 1.36. The number of ketones is 1. The number of aromatic nitrogens is 1. The van der Waals surface area contributed by atoms with E-state index >= 15 is 0 Å². The second-order valence-electron chi connectivity index (χ2n) is 3.92. The fourth-order valence-electron chi connectivity index (χ4n) is 1.61. The van der Waals surface area contributed by atoms with Crippen LogP contribution in [0.2, 0.25) is 0 Å². The quantitative estimate of drug-likeness (QED) is 0.809. The van der Waals surface area contributed by atoms with Crippen molar-refractivity contribution in [1.82, 2.24) is 4.98 Å². The molecular formula is C14H11BrFNO2. The summed E-state index contributed by atoms with van der Waals surface area (Å²) in [6, 6.07) is 7.65. The average Bonchev–Trinajstić information content (AvgIpc) is 2.42. The van der Waals surface area contributed by atoms with E-state index < -0.39 is 5.82 Å². The van der Waals surface area contributed by atoms with Gasteiger partial charge in [-0.2, -0.15) is 0 Å². The van der Waals surface area contributed by atoms with Crippen molar-refractivity contribution in [2.24, 2.45) is 0 Å². The average molecular weight is 324 g/mol. The molecule has 1 aromatic carbocycles. The number of halogens is 2. The van der Waals surface area contributed by atoms with Crippen molar-refractivity contribution < 1.29 is 13.9 Å². The molecule has 0 aliphatic carbocycles. The zero-order valence-corrected chi connectivity index (χ0v) is 11.8. The van der Waals surface area contributed by atoms with Gasteiger partial charge in [-0.15, -0.1) is 0 Å². The summed E-state index contributed by atoms with van der Waals surface area (Å²) < 4.78 is 19.0. The molecule has 0 fully saturated rings. The maximum Gasteiger partial charge on any atom is 0.168 e. The lowest BCUT2D eigenvalue weighted by atomic mass is 10.1. The smallest absolute Gasteiger partial charge is 0.168 e. The molecule has 0 saturated heterocycles. The predicted molar refractivity (Wildman–Crippen MR) is 72.9 cm³/mol. The summed E-state index contributed by atoms with van der Waals surface area (Å²) in [5.74, 6) is -0.552. The minimum Gasteiger partial charge on any atom is -0.494 e. The number of carbonyl (C=O) groups excluding carboxylic acids is 1. The van der Waals surface area contributed by atoms with E-state index in [4.69, 9.17) is 4.74 Å². The summed E-state index contributed by atoms with van der Waals surface area (Å²) in [6.45, 7) is 0. The van der Waals surface area contributed by atoms with E-state index in [1.165, 1.54) is 25.3 Å². The van der Waals surface area contributed by atoms with Crippen molar-refractivity contribution in [3.8, 4) is 5.75 Å². The van der Waals surface area contributed by atoms with E-state index in [-0.39, 0.29) is 18.0 Å². The van der Waals surface area contributed by atoms with Crippen LogP contribution in [-0.4, -0.2) is 17.9 Å². The van der Waals surface area contributed by atoms with E-state index in [1.54, 1.807) is 12.3 Å². The third-order valence-electron chi connectivity index (χ3n) is 2.60. The summed E-state index contributed by atoms with van der Waals surface area (Å²) in [5, 5.41) is 0. The molecule has 0 amide bonds. The van der Waals surface area contributed by atoms with Crippen LogP contribution in [0.3, 0.4) is 0 Å². The minimum absolute atomic E-state index is 0.0645. The number of ether oxygens (including phenoxy) is 1. The summed E-state index contributed by atoms with van der Waals surface area (Å²) in [5.41, 5.74) is 1.07. The number of hydrogen-bond donors (Lipinski definition) is 0. The number of methoxy groups -OCH3 is 1. The molecule has 1 heterocycles. The van der Waals surface area contributed by atoms with E-state index in [9.17, 15) is 9.18 Å². The largest absolute Gasteiger partial charge is 0.494 e. The highest BCUT2D eigenvalue weighted by atomic mass is 79.9. The van der Waals surface area contributed by atoms with Crippen LogP contribution in [0, 0.1) is 5.82 Å². The molecule has 1 aromatic heterocycles. The standard InChI is InChI=1S/C14H11BrFNO2/c1-19-14-6-9(2-5-12(14)16)13(18)7-11-4-3-10(15)8-17-11/h2-6,8H,7H2,1H3. The maximum absolute atomic E-state index is 13.3. The number of Topliss-reactive ketones (excluding diaryl/α,β-unsaturated/α-hetero) is 1. The molecule has 0 atom stereocenters. The molecule has 0 radical (unpaired) electrons. The monoisotopic (exact) mass is 323 g/mol. The fraction of sp³-hybridized carbons (Fsp3) is 0.143. The van der Waals surface area contributed by atoms with Gasteiger partial charge < -0.3 is 4.74 Å². The third kappa shape index (κ3) is 3.38. The first kappa shape index (κ1) is 13.7. The zero-order valence-electron chi connectivity index (χ0n) is 10.2. The van der Waals surface area contributed by atoms with Gasteiger partial charge in [0.05, 0.1) is 13.5 Å². The van der Waals surface area contributed by atoms with Gasteiger partial charge in [0.1, 0.15) is 0 Å². The van der Waals surface area contributed by atoms with Crippen molar-refractivity contribution in [3.63, 3.8) is 0 Å². The van der Waals surface area contributed by atoms with Gasteiger partial charge in [-0.3, -0.25) is 9.78 Å². The van der Waals surface area contributed by atoms with Gasteiger partial charge in [-0.05, 0) is 46.3 Å². The molecular weight excluding hydrogens is 313 g/mol. The minimum atomic E-state index is -0.485. The van der Waals surface area contributed by atoms with Crippen LogP contribution in [0.15, 0.2) is 41.0 Å². The first-order chi connectivity index (χ1) is 9.10. The number of rotatable bonds is 4. The number of nitrogens with zero attached hydrogens (tertiary/aromatic N) is 1. The van der Waals surface area contributed by atoms with E-state index in [2.05, 4.69) is 20.9 Å². The Morgan fingerprint density at radius 2 is 2.16 bits per heavy atom. The van der Waals surface area contributed by atoms with Crippen LogP contribution >= 0.6 is 15.9 Å². The lowest BCUT2D eigenvalue weighted by molar-refractivity contribution is 0.0991. The van der Waals surface area contributed by atoms with Crippen molar-refractivity contribution in [1.29, 1.82) is 0 Å². The van der Waals surface area contributed by atoms with Crippen molar-refractivity contribution in [3.05, 3.63) is 58.1 Å². The van der Waals surface area contributed by atoms with Crippen LogP contribution in [0.5, 0.6) is 5.75 Å². The highest BCUT2D eigenvalue weighted by Gasteiger charge is 2.11. The predicted octanol–water partition coefficient (Wildman–Crippen LogP) is 3.42. The van der Waals surface area contributed by atoms with E-state index in [1.807, 2.05) is 6.07 Å². The van der Waals surface area contributed by atoms with Crippen LogP contribution in [-0.2, 0) is 6.42 Å². The third-order valence-corrected chi connectivity index (χ3v) is 3.07. The zero-order chi connectivity index (χ0) is 13.8. The lowest BCUT2D eigenvalue weighted by Gasteiger charge is -2.05. The summed E-state index contributed by atoms with van der Waals surface area (Å²) in [4.78, 5) is 16.2. The first-order valence-electron chi connectivity index (χ1n) is 5.57. The Morgan fingerprint density at radius 1 is 1.37 bits per heavy atom. The highest BCUT2D eigenvalue weighted by Crippen LogP contribution is 2.19. The summed E-state index contributed by atoms with van der Waals surface area (Å²) >= 11 is 3.28. The Hall–Kier alpha value is -1.75. The van der Waals surface area contributed by atoms with Crippen molar-refractivity contribution >= 4 is 21.7 Å². The van der Waals surface area contributed by atoms with Gasteiger partial charge in [0, 0.05) is 21.9 Å². The first-order valence-corrected chi connectivity index (χ1v) is 6.36. The Kier molecular flexibility index (Phi) is 4.27. The molecule has 0 unspecified atom stereocenters. The number of benzene rings is 1. The van der Waals surface area contributed by atoms with Gasteiger partial charge in [-0.1, -0.05) is 0 Å². The Morgan fingerprint density at radius 3 is 2.79 bits per heavy atom. The molecule has 0 aliphatic heterocycles. The van der Waals surface area contributed by atoms with Crippen molar-refractivity contribution in [2.45, 2.75) is 6.42 Å². The van der Waals surface area contributed by atoms with Gasteiger partial charge in [0.15, 0.2) is 17.3 Å². The fourth-order valence-corrected chi connectivity index (χ4v) is 1.85. The van der Waals surface area contributed by atoms with E-state index in [0.717, 1.165) is 4.47 Å². The van der Waals surface area contributed by atoms with Crippen molar-refractivity contribution in [2.75, 3.05) is 7.11 Å². The van der Waals surface area contributed by atoms with Gasteiger partial charge >= 0.3 is 0 Å². The van der Waals surface area contributed by atoms with Crippen LogP contribution < -0.4 is 4.74 Å². The lowest BCUT2D eigenvalue weighted by Crippen LogP contribution is -2.05. The highest BCUT2D eigenvalue weighted by molar-refractivity contribution is 9.10. The van der Waals surface area contributed by atoms with Gasteiger partial charge in [-0.25, -0.2) is 4.39 Å². The molecule has 98 valence electrons. The Balaban J connectivity index is 2.18. The second-order valence-corrected chi connectivity index (χ2v) is 4.83. The normalized spacial score (nSPS) is 10.3. The number of carbonyl (C=O) groups is 1. The second kappa shape index (κ2) is 5.93. The molecule has 5 heteroatoms. The SMILES string of the molecule is COc1cc(C(=O)Cc2ccc(Br)cn2)ccc1F. The van der Waals surface area contributed by atoms with Crippen LogP contribution in [0.4, 0.5) is 4.39 Å². The van der Waals surface area contributed by atoms with Gasteiger partial charge in [0.25, 0.3) is 0 Å². The van der Waals surface area contributed by atoms with Crippen LogP contribution in [0.1, 0.15) is 16.1 Å². The Bertz CT molecular complexity index is 599. The molecule has 2 aromatic rings. The number of hydrogen-bond acceptors (Lipinski definition) is 3. The van der Waals surface area contributed by atoms with Crippen LogP contribution in [0.25, 0.3) is 0 Å². The molecule has 2 rings (SSSR count).